The average Bonchev–Trinajstić information content (AvgIpc) is 3.06. The Morgan fingerprint density at radius 1 is 1.04 bits per heavy atom. The van der Waals surface area contributed by atoms with E-state index in [4.69, 9.17) is 4.42 Å². The number of hydrogen-bond acceptors (Lipinski definition) is 5. The number of nitrogens with zero attached hydrogens (tertiary/aromatic N) is 2. The molecule has 1 aromatic carbocycles. The van der Waals surface area contributed by atoms with Crippen LogP contribution in [-0.4, -0.2) is 9.97 Å². The van der Waals surface area contributed by atoms with Gasteiger partial charge in [0.2, 0.25) is 5.95 Å². The topological polar surface area (TPSA) is 63.0 Å². The van der Waals surface area contributed by atoms with Crippen molar-refractivity contribution < 1.29 is 4.42 Å². The third kappa shape index (κ3) is 4.13. The Morgan fingerprint density at radius 2 is 1.83 bits per heavy atom. The quantitative estimate of drug-likeness (QED) is 0.711. The fourth-order valence-electron chi connectivity index (χ4n) is 2.29. The van der Waals surface area contributed by atoms with Gasteiger partial charge in [-0.25, -0.2) is 4.98 Å². The monoisotopic (exact) mass is 322 g/mol. The Kier molecular flexibility index (Phi) is 4.51. The Hall–Kier alpha value is -2.82. The van der Waals surface area contributed by atoms with Gasteiger partial charge in [-0.2, -0.15) is 4.98 Å². The predicted molar refractivity (Wildman–Crippen MR) is 96.5 cm³/mol. The van der Waals surface area contributed by atoms with E-state index in [2.05, 4.69) is 53.5 Å². The van der Waals surface area contributed by atoms with E-state index in [1.165, 1.54) is 5.56 Å². The zero-order valence-corrected chi connectivity index (χ0v) is 14.2. The van der Waals surface area contributed by atoms with Gasteiger partial charge in [0.1, 0.15) is 11.6 Å². The van der Waals surface area contributed by atoms with Gasteiger partial charge in [-0.1, -0.05) is 32.9 Å². The molecule has 0 aliphatic rings. The number of furan rings is 1. The zero-order valence-electron chi connectivity index (χ0n) is 14.2. The van der Waals surface area contributed by atoms with Crippen LogP contribution < -0.4 is 10.6 Å². The molecule has 0 saturated heterocycles. The second-order valence-corrected chi connectivity index (χ2v) is 6.65. The lowest BCUT2D eigenvalue weighted by Crippen LogP contribution is -2.10. The minimum Gasteiger partial charge on any atom is -0.467 e. The van der Waals surface area contributed by atoms with Crippen molar-refractivity contribution in [3.8, 4) is 0 Å². The van der Waals surface area contributed by atoms with E-state index in [9.17, 15) is 0 Å². The SMILES string of the molecule is CC(C)(C)c1ccc(Nc2nccc(NCc3ccco3)n2)cc1. The maximum absolute atomic E-state index is 5.30. The molecule has 24 heavy (non-hydrogen) atoms. The van der Waals surface area contributed by atoms with Crippen LogP contribution in [0.2, 0.25) is 0 Å². The van der Waals surface area contributed by atoms with Gasteiger partial charge in [0.05, 0.1) is 12.8 Å². The summed E-state index contributed by atoms with van der Waals surface area (Å²) in [5.74, 6) is 2.17. The van der Waals surface area contributed by atoms with Gasteiger partial charge < -0.3 is 15.1 Å². The lowest BCUT2D eigenvalue weighted by molar-refractivity contribution is 0.518. The van der Waals surface area contributed by atoms with Crippen LogP contribution in [-0.2, 0) is 12.0 Å². The summed E-state index contributed by atoms with van der Waals surface area (Å²) in [6, 6.07) is 14.0. The molecule has 3 aromatic rings. The van der Waals surface area contributed by atoms with Crippen LogP contribution in [0.1, 0.15) is 32.1 Å². The normalized spacial score (nSPS) is 11.3. The van der Waals surface area contributed by atoms with Gasteiger partial charge in [0, 0.05) is 11.9 Å². The van der Waals surface area contributed by atoms with Gasteiger partial charge in [0.25, 0.3) is 0 Å². The molecule has 2 aromatic heterocycles. The number of aromatic nitrogens is 2. The largest absolute Gasteiger partial charge is 0.467 e. The van der Waals surface area contributed by atoms with Gasteiger partial charge in [-0.3, -0.25) is 0 Å². The van der Waals surface area contributed by atoms with E-state index in [1.807, 2.05) is 30.3 Å². The third-order valence-corrected chi connectivity index (χ3v) is 3.69. The van der Waals surface area contributed by atoms with Crippen molar-refractivity contribution in [3.63, 3.8) is 0 Å². The Morgan fingerprint density at radius 3 is 2.50 bits per heavy atom. The molecule has 0 amide bonds. The van der Waals surface area contributed by atoms with Crippen LogP contribution in [0.4, 0.5) is 17.5 Å². The predicted octanol–water partition coefficient (Wildman–Crippen LogP) is 4.72. The first kappa shape index (κ1) is 16.1. The Bertz CT molecular complexity index is 774. The highest BCUT2D eigenvalue weighted by molar-refractivity contribution is 5.55. The number of anilines is 3. The number of nitrogens with one attached hydrogen (secondary N) is 2. The summed E-state index contributed by atoms with van der Waals surface area (Å²) in [6.07, 6.45) is 3.38. The molecule has 0 bridgehead atoms. The summed E-state index contributed by atoms with van der Waals surface area (Å²) in [6.45, 7) is 7.19. The van der Waals surface area contributed by atoms with Crippen molar-refractivity contribution in [2.45, 2.75) is 32.7 Å². The van der Waals surface area contributed by atoms with Crippen LogP contribution in [0.5, 0.6) is 0 Å². The summed E-state index contributed by atoms with van der Waals surface area (Å²) in [5, 5.41) is 6.45. The molecule has 2 heterocycles. The van der Waals surface area contributed by atoms with Gasteiger partial charge in [-0.05, 0) is 41.3 Å². The Labute approximate surface area is 142 Å². The summed E-state index contributed by atoms with van der Waals surface area (Å²) in [7, 11) is 0. The molecular weight excluding hydrogens is 300 g/mol. The first-order chi connectivity index (χ1) is 11.5. The van der Waals surface area contributed by atoms with Crippen molar-refractivity contribution in [1.82, 2.24) is 9.97 Å². The first-order valence-electron chi connectivity index (χ1n) is 7.97. The highest BCUT2D eigenvalue weighted by atomic mass is 16.3. The van der Waals surface area contributed by atoms with Crippen LogP contribution in [0.15, 0.2) is 59.3 Å². The average molecular weight is 322 g/mol. The standard InChI is InChI=1S/C19H22N4O/c1-19(2,3)14-6-8-15(9-7-14)22-18-20-11-10-17(23-18)21-13-16-5-4-12-24-16/h4-12H,13H2,1-3H3,(H2,20,21,22,23). The van der Waals surface area contributed by atoms with Crippen molar-refractivity contribution >= 4 is 17.5 Å². The number of benzene rings is 1. The van der Waals surface area contributed by atoms with Crippen LogP contribution >= 0.6 is 0 Å². The van der Waals surface area contributed by atoms with Gasteiger partial charge in [0.15, 0.2) is 0 Å². The highest BCUT2D eigenvalue weighted by Gasteiger charge is 2.12. The first-order valence-corrected chi connectivity index (χ1v) is 7.97. The van der Waals surface area contributed by atoms with E-state index < -0.39 is 0 Å². The maximum atomic E-state index is 5.30. The molecule has 0 unspecified atom stereocenters. The number of rotatable bonds is 5. The third-order valence-electron chi connectivity index (χ3n) is 3.69. The van der Waals surface area contributed by atoms with Crippen molar-refractivity contribution in [2.75, 3.05) is 10.6 Å². The van der Waals surface area contributed by atoms with Crippen LogP contribution in [0.3, 0.4) is 0 Å². The lowest BCUT2D eigenvalue weighted by Gasteiger charge is -2.19. The summed E-state index contributed by atoms with van der Waals surface area (Å²) < 4.78 is 5.30. The van der Waals surface area contributed by atoms with E-state index in [0.29, 0.717) is 12.5 Å². The maximum Gasteiger partial charge on any atom is 0.229 e. The molecule has 0 fully saturated rings. The fourth-order valence-corrected chi connectivity index (χ4v) is 2.29. The molecule has 0 saturated carbocycles. The van der Waals surface area contributed by atoms with Crippen LogP contribution in [0, 0.1) is 0 Å². The molecule has 5 nitrogen and oxygen atoms in total. The lowest BCUT2D eigenvalue weighted by atomic mass is 9.87. The second kappa shape index (κ2) is 6.74. The Balaban J connectivity index is 1.65. The van der Waals surface area contributed by atoms with Gasteiger partial charge >= 0.3 is 0 Å². The molecule has 0 spiro atoms. The molecule has 3 rings (SSSR count). The fraction of sp³-hybridized carbons (Fsp3) is 0.263. The van der Waals surface area contributed by atoms with E-state index >= 15 is 0 Å². The molecular formula is C19H22N4O. The van der Waals surface area contributed by atoms with Gasteiger partial charge in [-0.15, -0.1) is 0 Å². The van der Waals surface area contributed by atoms with Crippen molar-refractivity contribution in [1.29, 1.82) is 0 Å². The number of hydrogen-bond donors (Lipinski definition) is 2. The zero-order chi connectivity index (χ0) is 17.0. The minimum atomic E-state index is 0.144. The smallest absolute Gasteiger partial charge is 0.229 e. The molecule has 0 atom stereocenters. The highest BCUT2D eigenvalue weighted by Crippen LogP contribution is 2.24. The molecule has 124 valence electrons. The minimum absolute atomic E-state index is 0.144. The van der Waals surface area contributed by atoms with E-state index in [1.54, 1.807) is 12.5 Å². The summed E-state index contributed by atoms with van der Waals surface area (Å²) >= 11 is 0. The molecule has 2 N–H and O–H groups in total. The summed E-state index contributed by atoms with van der Waals surface area (Å²) in [4.78, 5) is 8.73. The molecule has 0 radical (unpaired) electrons. The summed E-state index contributed by atoms with van der Waals surface area (Å²) in [5.41, 5.74) is 2.40. The van der Waals surface area contributed by atoms with Crippen molar-refractivity contribution in [2.24, 2.45) is 0 Å². The van der Waals surface area contributed by atoms with Crippen molar-refractivity contribution in [3.05, 3.63) is 66.2 Å². The van der Waals surface area contributed by atoms with Crippen LogP contribution in [0.25, 0.3) is 0 Å². The van der Waals surface area contributed by atoms with E-state index in [-0.39, 0.29) is 5.41 Å². The van der Waals surface area contributed by atoms with E-state index in [0.717, 1.165) is 17.3 Å². The molecule has 0 aliphatic heterocycles. The second-order valence-electron chi connectivity index (χ2n) is 6.65. The molecule has 0 aliphatic carbocycles. The molecule has 5 heteroatoms.